The van der Waals surface area contributed by atoms with Crippen LogP contribution in [0.1, 0.15) is 39.9 Å². The number of fused-ring (bicyclic) bond motifs is 4. The second kappa shape index (κ2) is 7.69. The van der Waals surface area contributed by atoms with Crippen molar-refractivity contribution in [3.63, 3.8) is 0 Å². The second-order valence-electron chi connectivity index (χ2n) is 8.67. The molecular weight excluding hydrogens is 392 g/mol. The molecule has 32 heavy (non-hydrogen) atoms. The van der Waals surface area contributed by atoms with E-state index in [2.05, 4.69) is 77.4 Å². The van der Waals surface area contributed by atoms with Gasteiger partial charge in [-0.25, -0.2) is 0 Å². The van der Waals surface area contributed by atoms with Gasteiger partial charge in [0.15, 0.2) is 0 Å². The highest BCUT2D eigenvalue weighted by Crippen LogP contribution is 2.51. The first kappa shape index (κ1) is 18.9. The smallest absolute Gasteiger partial charge is 0.255 e. The number of amides is 1. The molecule has 4 aromatic carbocycles. The molecule has 6 rings (SSSR count). The molecule has 0 saturated carbocycles. The van der Waals surface area contributed by atoms with Crippen molar-refractivity contribution in [1.29, 1.82) is 0 Å². The summed E-state index contributed by atoms with van der Waals surface area (Å²) in [6.45, 7) is 0. The first-order valence-electron chi connectivity index (χ1n) is 11.2. The van der Waals surface area contributed by atoms with Crippen LogP contribution >= 0.6 is 0 Å². The van der Waals surface area contributed by atoms with E-state index in [4.69, 9.17) is 0 Å². The zero-order valence-electron chi connectivity index (χ0n) is 17.7. The minimum atomic E-state index is -0.0820. The largest absolute Gasteiger partial charge is 0.378 e. The van der Waals surface area contributed by atoms with E-state index < -0.39 is 0 Å². The van der Waals surface area contributed by atoms with Gasteiger partial charge in [0, 0.05) is 22.9 Å². The molecule has 3 heteroatoms. The lowest BCUT2D eigenvalue weighted by atomic mass is 9.76. The standard InChI is InChI=1S/C29H24N2O/c32-29(20-9-2-1-3-10-20)30-21-16-17-27-26(18-21)23-13-7-15-25(23)28(31-27)24-14-6-11-19-8-4-5-12-22(19)24/h1-14,16-18,23,25,28,31H,15H2,(H,30,32). The molecule has 0 aromatic heterocycles. The summed E-state index contributed by atoms with van der Waals surface area (Å²) < 4.78 is 0. The van der Waals surface area contributed by atoms with E-state index in [0.29, 0.717) is 17.4 Å². The van der Waals surface area contributed by atoms with Crippen LogP contribution in [0.2, 0.25) is 0 Å². The lowest BCUT2D eigenvalue weighted by Gasteiger charge is -2.38. The van der Waals surface area contributed by atoms with Gasteiger partial charge in [0.2, 0.25) is 0 Å². The summed E-state index contributed by atoms with van der Waals surface area (Å²) >= 11 is 0. The Morgan fingerprint density at radius 3 is 2.56 bits per heavy atom. The van der Waals surface area contributed by atoms with Gasteiger partial charge in [0.1, 0.15) is 0 Å². The number of benzene rings is 4. The number of carbonyl (C=O) groups is 1. The van der Waals surface area contributed by atoms with Gasteiger partial charge >= 0.3 is 0 Å². The fourth-order valence-electron chi connectivity index (χ4n) is 5.29. The number of hydrogen-bond acceptors (Lipinski definition) is 2. The lowest BCUT2D eigenvalue weighted by Crippen LogP contribution is -2.29. The molecule has 3 atom stereocenters. The Balaban J connectivity index is 1.35. The Kier molecular flexibility index (Phi) is 4.53. The molecule has 156 valence electrons. The summed E-state index contributed by atoms with van der Waals surface area (Å²) in [6, 6.07) is 31.1. The highest BCUT2D eigenvalue weighted by molar-refractivity contribution is 6.04. The van der Waals surface area contributed by atoms with Crippen molar-refractivity contribution in [2.75, 3.05) is 10.6 Å². The van der Waals surface area contributed by atoms with Crippen LogP contribution in [0.25, 0.3) is 10.8 Å². The fraction of sp³-hybridized carbons (Fsp3) is 0.138. The third-order valence-electron chi connectivity index (χ3n) is 6.82. The van der Waals surface area contributed by atoms with Gasteiger partial charge < -0.3 is 10.6 Å². The van der Waals surface area contributed by atoms with E-state index in [-0.39, 0.29) is 11.9 Å². The zero-order valence-corrected chi connectivity index (χ0v) is 17.7. The van der Waals surface area contributed by atoms with Gasteiger partial charge in [-0.1, -0.05) is 72.8 Å². The molecule has 3 nitrogen and oxygen atoms in total. The molecule has 0 spiro atoms. The highest BCUT2D eigenvalue weighted by atomic mass is 16.1. The van der Waals surface area contributed by atoms with Crippen molar-refractivity contribution < 1.29 is 4.79 Å². The Morgan fingerprint density at radius 2 is 1.66 bits per heavy atom. The van der Waals surface area contributed by atoms with Crippen LogP contribution in [-0.2, 0) is 0 Å². The van der Waals surface area contributed by atoms with Crippen molar-refractivity contribution in [2.24, 2.45) is 5.92 Å². The molecule has 1 heterocycles. The molecule has 0 bridgehead atoms. The summed E-state index contributed by atoms with van der Waals surface area (Å²) in [7, 11) is 0. The average Bonchev–Trinajstić information content (AvgIpc) is 3.34. The summed E-state index contributed by atoms with van der Waals surface area (Å²) in [5.41, 5.74) is 5.26. The van der Waals surface area contributed by atoms with Crippen LogP contribution in [0.5, 0.6) is 0 Å². The van der Waals surface area contributed by atoms with Crippen molar-refractivity contribution in [3.05, 3.63) is 120 Å². The molecule has 2 N–H and O–H groups in total. The third-order valence-corrected chi connectivity index (χ3v) is 6.82. The number of anilines is 2. The molecule has 0 fully saturated rings. The topological polar surface area (TPSA) is 41.1 Å². The average molecular weight is 417 g/mol. The summed E-state index contributed by atoms with van der Waals surface area (Å²) in [6.07, 6.45) is 5.69. The Labute approximate surface area is 187 Å². The molecule has 1 aliphatic carbocycles. The number of rotatable bonds is 3. The molecule has 2 aliphatic rings. The molecule has 3 unspecified atom stereocenters. The van der Waals surface area contributed by atoms with E-state index >= 15 is 0 Å². The predicted molar refractivity (Wildman–Crippen MR) is 131 cm³/mol. The number of nitrogens with one attached hydrogen (secondary N) is 2. The maximum Gasteiger partial charge on any atom is 0.255 e. The van der Waals surface area contributed by atoms with E-state index in [1.165, 1.54) is 21.9 Å². The fourth-order valence-corrected chi connectivity index (χ4v) is 5.29. The van der Waals surface area contributed by atoms with Crippen LogP contribution in [-0.4, -0.2) is 5.91 Å². The van der Waals surface area contributed by atoms with Crippen LogP contribution in [0.4, 0.5) is 11.4 Å². The van der Waals surface area contributed by atoms with Crippen LogP contribution < -0.4 is 10.6 Å². The Hall–Kier alpha value is -3.85. The zero-order chi connectivity index (χ0) is 21.5. The number of carbonyl (C=O) groups excluding carboxylic acids is 1. The van der Waals surface area contributed by atoms with Crippen LogP contribution in [0, 0.1) is 5.92 Å². The Morgan fingerprint density at radius 1 is 0.844 bits per heavy atom. The molecule has 4 aromatic rings. The van der Waals surface area contributed by atoms with Gasteiger partial charge in [-0.3, -0.25) is 4.79 Å². The molecule has 0 radical (unpaired) electrons. The van der Waals surface area contributed by atoms with Crippen molar-refractivity contribution >= 4 is 28.1 Å². The highest BCUT2D eigenvalue weighted by Gasteiger charge is 2.38. The molecule has 0 saturated heterocycles. The Bertz CT molecular complexity index is 1340. The van der Waals surface area contributed by atoms with E-state index in [0.717, 1.165) is 17.8 Å². The molecule has 1 aliphatic heterocycles. The SMILES string of the molecule is O=C(Nc1ccc2c(c1)C1C=CCC1C(c1cccc3ccccc13)N2)c1ccccc1. The lowest BCUT2D eigenvalue weighted by molar-refractivity contribution is 0.102. The first-order chi connectivity index (χ1) is 15.8. The summed E-state index contributed by atoms with van der Waals surface area (Å²) in [5, 5.41) is 9.49. The monoisotopic (exact) mass is 416 g/mol. The van der Waals surface area contributed by atoms with Gasteiger partial charge in [0.05, 0.1) is 6.04 Å². The van der Waals surface area contributed by atoms with Gasteiger partial charge in [-0.05, 0) is 64.6 Å². The maximum absolute atomic E-state index is 12.6. The second-order valence-corrected chi connectivity index (χ2v) is 8.67. The van der Waals surface area contributed by atoms with E-state index in [1.807, 2.05) is 36.4 Å². The molecular formula is C29H24N2O. The predicted octanol–water partition coefficient (Wildman–Crippen LogP) is 6.92. The normalized spacial score (nSPS) is 20.9. The quantitative estimate of drug-likeness (QED) is 0.356. The van der Waals surface area contributed by atoms with E-state index in [1.54, 1.807) is 0 Å². The first-order valence-corrected chi connectivity index (χ1v) is 11.2. The van der Waals surface area contributed by atoms with Crippen LogP contribution in [0.15, 0.2) is 103 Å². The van der Waals surface area contributed by atoms with Crippen molar-refractivity contribution in [1.82, 2.24) is 0 Å². The van der Waals surface area contributed by atoms with Gasteiger partial charge in [-0.2, -0.15) is 0 Å². The summed E-state index contributed by atoms with van der Waals surface area (Å²) in [5.74, 6) is 0.707. The summed E-state index contributed by atoms with van der Waals surface area (Å²) in [4.78, 5) is 12.6. The minimum Gasteiger partial charge on any atom is -0.378 e. The third kappa shape index (κ3) is 3.18. The number of hydrogen-bond donors (Lipinski definition) is 2. The van der Waals surface area contributed by atoms with Crippen molar-refractivity contribution in [2.45, 2.75) is 18.4 Å². The van der Waals surface area contributed by atoms with Gasteiger partial charge in [-0.15, -0.1) is 0 Å². The maximum atomic E-state index is 12.6. The van der Waals surface area contributed by atoms with E-state index in [9.17, 15) is 4.79 Å². The molecule has 1 amide bonds. The minimum absolute atomic E-state index is 0.0820. The van der Waals surface area contributed by atoms with Crippen LogP contribution in [0.3, 0.4) is 0 Å². The van der Waals surface area contributed by atoms with Crippen molar-refractivity contribution in [3.8, 4) is 0 Å². The van der Waals surface area contributed by atoms with Gasteiger partial charge in [0.25, 0.3) is 5.91 Å². The number of allylic oxidation sites excluding steroid dienone is 2.